The van der Waals surface area contributed by atoms with Gasteiger partial charge in [-0.25, -0.2) is 4.98 Å². The molecule has 116 valence electrons. The molecule has 1 atom stereocenters. The van der Waals surface area contributed by atoms with E-state index in [4.69, 9.17) is 4.74 Å². The van der Waals surface area contributed by atoms with Crippen molar-refractivity contribution in [2.75, 3.05) is 19.4 Å². The summed E-state index contributed by atoms with van der Waals surface area (Å²) >= 11 is 1.68. The average molecular weight is 317 g/mol. The minimum absolute atomic E-state index is 0.0883. The van der Waals surface area contributed by atoms with E-state index in [1.807, 2.05) is 33.9 Å². The zero-order valence-corrected chi connectivity index (χ0v) is 13.3. The van der Waals surface area contributed by atoms with Crippen LogP contribution in [0.15, 0.2) is 43.0 Å². The van der Waals surface area contributed by atoms with Gasteiger partial charge in [0.05, 0.1) is 19.2 Å². The van der Waals surface area contributed by atoms with Crippen molar-refractivity contribution in [1.82, 2.24) is 14.5 Å². The Morgan fingerprint density at radius 2 is 2.32 bits per heavy atom. The highest BCUT2D eigenvalue weighted by atomic mass is 32.2. The number of benzene rings is 1. The number of imidazole rings is 1. The molecule has 1 aromatic heterocycles. The second kappa shape index (κ2) is 6.87. The third-order valence-corrected chi connectivity index (χ3v) is 4.98. The third kappa shape index (κ3) is 3.27. The fourth-order valence-corrected chi connectivity index (χ4v) is 3.82. The highest BCUT2D eigenvalue weighted by Gasteiger charge is 2.32. The van der Waals surface area contributed by atoms with Crippen LogP contribution in [0.4, 0.5) is 0 Å². The van der Waals surface area contributed by atoms with Crippen LogP contribution in [0.3, 0.4) is 0 Å². The number of aryl methyl sites for hydroxylation is 1. The summed E-state index contributed by atoms with van der Waals surface area (Å²) in [5.41, 5.74) is 1.12. The molecule has 0 aliphatic carbocycles. The number of nitrogens with zero attached hydrogens (tertiary/aromatic N) is 3. The van der Waals surface area contributed by atoms with Gasteiger partial charge >= 0.3 is 0 Å². The topological polar surface area (TPSA) is 47.4 Å². The second-order valence-corrected chi connectivity index (χ2v) is 6.25. The Morgan fingerprint density at radius 3 is 3.09 bits per heavy atom. The lowest BCUT2D eigenvalue weighted by Gasteiger charge is -2.24. The van der Waals surface area contributed by atoms with Crippen LogP contribution >= 0.6 is 11.8 Å². The van der Waals surface area contributed by atoms with Crippen LogP contribution in [0.25, 0.3) is 0 Å². The van der Waals surface area contributed by atoms with Gasteiger partial charge in [0.1, 0.15) is 11.1 Å². The Kier molecular flexibility index (Phi) is 4.68. The summed E-state index contributed by atoms with van der Waals surface area (Å²) in [6.45, 7) is 1.63. The molecule has 6 heteroatoms. The predicted octanol–water partition coefficient (Wildman–Crippen LogP) is 2.56. The summed E-state index contributed by atoms with van der Waals surface area (Å²) in [6, 6.07) is 7.97. The molecule has 1 aliphatic rings. The molecule has 0 saturated carbocycles. The molecule has 0 spiro atoms. The van der Waals surface area contributed by atoms with Crippen molar-refractivity contribution in [3.8, 4) is 5.75 Å². The number of amides is 1. The van der Waals surface area contributed by atoms with Gasteiger partial charge in [0.25, 0.3) is 0 Å². The summed E-state index contributed by atoms with van der Waals surface area (Å²) in [5, 5.41) is 0.0883. The second-order valence-electron chi connectivity index (χ2n) is 5.18. The monoisotopic (exact) mass is 317 g/mol. The predicted molar refractivity (Wildman–Crippen MR) is 86.8 cm³/mol. The van der Waals surface area contributed by atoms with Crippen LogP contribution in [0.2, 0.25) is 0 Å². The van der Waals surface area contributed by atoms with Crippen LogP contribution in [0.1, 0.15) is 17.4 Å². The van der Waals surface area contributed by atoms with Crippen molar-refractivity contribution in [1.29, 1.82) is 0 Å². The number of hydrogen-bond acceptors (Lipinski definition) is 4. The molecule has 1 saturated heterocycles. The van der Waals surface area contributed by atoms with Crippen LogP contribution in [0, 0.1) is 0 Å². The molecular formula is C16H19N3O2S. The van der Waals surface area contributed by atoms with E-state index in [2.05, 4.69) is 11.1 Å². The van der Waals surface area contributed by atoms with Gasteiger partial charge in [-0.05, 0) is 24.1 Å². The number of aromatic nitrogens is 2. The number of methoxy groups -OCH3 is 1. The molecule has 0 N–H and O–H groups in total. The normalized spacial score (nSPS) is 18.0. The van der Waals surface area contributed by atoms with E-state index < -0.39 is 0 Å². The largest absolute Gasteiger partial charge is 0.497 e. The molecule has 3 rings (SSSR count). The lowest BCUT2D eigenvalue weighted by molar-refractivity contribution is -0.128. The first-order valence-corrected chi connectivity index (χ1v) is 8.33. The summed E-state index contributed by atoms with van der Waals surface area (Å²) in [5.74, 6) is 1.59. The molecule has 2 heterocycles. The standard InChI is InChI=1S/C16H19N3O2S/c1-21-14-5-2-4-13(10-14)16-19(15(20)11-22-16)8-3-7-18-9-6-17-12-18/h2,4-6,9-10,12,16H,3,7-8,11H2,1H3. The number of rotatable bonds is 6. The highest BCUT2D eigenvalue weighted by molar-refractivity contribution is 8.00. The fourth-order valence-electron chi connectivity index (χ4n) is 2.61. The van der Waals surface area contributed by atoms with Crippen molar-refractivity contribution in [2.24, 2.45) is 0 Å². The number of ether oxygens (including phenoxy) is 1. The van der Waals surface area contributed by atoms with Gasteiger partial charge in [0.15, 0.2) is 0 Å². The van der Waals surface area contributed by atoms with Crippen molar-refractivity contribution in [3.05, 3.63) is 48.5 Å². The Labute approximate surface area is 134 Å². The van der Waals surface area contributed by atoms with Crippen LogP contribution in [0.5, 0.6) is 5.75 Å². The fraction of sp³-hybridized carbons (Fsp3) is 0.375. The van der Waals surface area contributed by atoms with E-state index in [0.29, 0.717) is 5.75 Å². The maximum Gasteiger partial charge on any atom is 0.233 e. The van der Waals surface area contributed by atoms with Gasteiger partial charge in [0.2, 0.25) is 5.91 Å². The Balaban J connectivity index is 1.66. The van der Waals surface area contributed by atoms with Crippen molar-refractivity contribution in [3.63, 3.8) is 0 Å². The van der Waals surface area contributed by atoms with E-state index >= 15 is 0 Å². The molecule has 0 radical (unpaired) electrons. The molecular weight excluding hydrogens is 298 g/mol. The maximum atomic E-state index is 12.2. The van der Waals surface area contributed by atoms with E-state index in [9.17, 15) is 4.79 Å². The number of carbonyl (C=O) groups is 1. The van der Waals surface area contributed by atoms with Crippen molar-refractivity contribution in [2.45, 2.75) is 18.3 Å². The van der Waals surface area contributed by atoms with Gasteiger partial charge < -0.3 is 14.2 Å². The van der Waals surface area contributed by atoms with E-state index in [-0.39, 0.29) is 11.3 Å². The number of hydrogen-bond donors (Lipinski definition) is 0. The first-order chi connectivity index (χ1) is 10.8. The summed E-state index contributed by atoms with van der Waals surface area (Å²) in [4.78, 5) is 18.2. The van der Waals surface area contributed by atoms with E-state index in [0.717, 1.165) is 30.8 Å². The van der Waals surface area contributed by atoms with Crippen LogP contribution in [-0.2, 0) is 11.3 Å². The Morgan fingerprint density at radius 1 is 1.41 bits per heavy atom. The highest BCUT2D eigenvalue weighted by Crippen LogP contribution is 2.39. The Hall–Kier alpha value is -1.95. The van der Waals surface area contributed by atoms with Crippen molar-refractivity contribution >= 4 is 17.7 Å². The lowest BCUT2D eigenvalue weighted by Crippen LogP contribution is -2.29. The molecule has 5 nitrogen and oxygen atoms in total. The van der Waals surface area contributed by atoms with Gasteiger partial charge in [-0.15, -0.1) is 11.8 Å². The first-order valence-electron chi connectivity index (χ1n) is 7.28. The molecule has 22 heavy (non-hydrogen) atoms. The molecule has 1 amide bonds. The zero-order chi connectivity index (χ0) is 15.4. The number of thioether (sulfide) groups is 1. The van der Waals surface area contributed by atoms with Crippen LogP contribution in [-0.4, -0.2) is 39.8 Å². The smallest absolute Gasteiger partial charge is 0.233 e. The average Bonchev–Trinajstić information content (AvgIpc) is 3.18. The van der Waals surface area contributed by atoms with Gasteiger partial charge in [-0.3, -0.25) is 4.79 Å². The third-order valence-electron chi connectivity index (χ3n) is 3.72. The number of carbonyl (C=O) groups excluding carboxylic acids is 1. The molecule has 0 bridgehead atoms. The minimum atomic E-state index is 0.0883. The molecule has 1 unspecified atom stereocenters. The Bertz CT molecular complexity index is 630. The SMILES string of the molecule is COc1cccc(C2SCC(=O)N2CCCn2ccnc2)c1. The van der Waals surface area contributed by atoms with Gasteiger partial charge in [-0.1, -0.05) is 12.1 Å². The molecule has 1 aliphatic heterocycles. The summed E-state index contributed by atoms with van der Waals surface area (Å²) in [6.07, 6.45) is 6.44. The van der Waals surface area contributed by atoms with E-state index in [1.165, 1.54) is 0 Å². The molecule has 1 aromatic carbocycles. The summed E-state index contributed by atoms with van der Waals surface area (Å²) in [7, 11) is 1.66. The maximum absolute atomic E-state index is 12.2. The van der Waals surface area contributed by atoms with Crippen molar-refractivity contribution < 1.29 is 9.53 Å². The summed E-state index contributed by atoms with van der Waals surface area (Å²) < 4.78 is 7.32. The van der Waals surface area contributed by atoms with E-state index in [1.54, 1.807) is 31.4 Å². The molecule has 1 fully saturated rings. The zero-order valence-electron chi connectivity index (χ0n) is 12.5. The molecule has 2 aromatic rings. The van der Waals surface area contributed by atoms with Gasteiger partial charge in [-0.2, -0.15) is 0 Å². The quantitative estimate of drug-likeness (QED) is 0.821. The van der Waals surface area contributed by atoms with Crippen LogP contribution < -0.4 is 4.74 Å². The van der Waals surface area contributed by atoms with Gasteiger partial charge in [0, 0.05) is 25.5 Å². The minimum Gasteiger partial charge on any atom is -0.497 e. The first kappa shape index (κ1) is 15.0. The lowest BCUT2D eigenvalue weighted by atomic mass is 10.2.